The normalized spacial score (nSPS) is 11.5. The zero-order valence-corrected chi connectivity index (χ0v) is 16.2. The highest BCUT2D eigenvalue weighted by Crippen LogP contribution is 2.25. The Morgan fingerprint density at radius 3 is 2.19 bits per heavy atom. The van der Waals surface area contributed by atoms with Crippen LogP contribution in [0.25, 0.3) is 0 Å². The van der Waals surface area contributed by atoms with E-state index in [0.29, 0.717) is 11.8 Å². The summed E-state index contributed by atoms with van der Waals surface area (Å²) in [6.45, 7) is 3.36. The predicted octanol–water partition coefficient (Wildman–Crippen LogP) is 2.88. The smallest absolute Gasteiger partial charge is 0.243 e. The van der Waals surface area contributed by atoms with Crippen LogP contribution < -0.4 is 10.6 Å². The van der Waals surface area contributed by atoms with E-state index in [1.54, 1.807) is 19.9 Å². The van der Waals surface area contributed by atoms with Gasteiger partial charge in [-0.15, -0.1) is 0 Å². The number of aryl methyl sites for hydroxylation is 1. The Hall–Kier alpha value is -2.52. The van der Waals surface area contributed by atoms with Gasteiger partial charge in [0.25, 0.3) is 0 Å². The first-order valence-electron chi connectivity index (χ1n) is 8.04. The minimum atomic E-state index is -3.63. The lowest BCUT2D eigenvalue weighted by molar-refractivity contribution is -0.114. The van der Waals surface area contributed by atoms with Crippen molar-refractivity contribution in [1.82, 2.24) is 4.31 Å². The zero-order valence-electron chi connectivity index (χ0n) is 15.4. The lowest BCUT2D eigenvalue weighted by Gasteiger charge is -2.17. The van der Waals surface area contributed by atoms with E-state index in [-0.39, 0.29) is 17.1 Å². The van der Waals surface area contributed by atoms with Crippen LogP contribution in [0.5, 0.6) is 0 Å². The van der Waals surface area contributed by atoms with Gasteiger partial charge in [-0.2, -0.15) is 0 Å². The number of benzene rings is 2. The lowest BCUT2D eigenvalue weighted by atomic mass is 10.1. The van der Waals surface area contributed by atoms with E-state index in [1.165, 1.54) is 20.2 Å². The fourth-order valence-corrected chi connectivity index (χ4v) is 3.39. The van der Waals surface area contributed by atoms with E-state index in [4.69, 9.17) is 0 Å². The quantitative estimate of drug-likeness (QED) is 0.786. The summed E-state index contributed by atoms with van der Waals surface area (Å²) in [5.74, 6) is -2.13. The summed E-state index contributed by atoms with van der Waals surface area (Å²) < 4.78 is 52.1. The molecule has 0 saturated carbocycles. The molecule has 2 rings (SSSR count). The van der Waals surface area contributed by atoms with E-state index in [0.717, 1.165) is 27.6 Å². The second-order valence-corrected chi connectivity index (χ2v) is 8.41. The van der Waals surface area contributed by atoms with Crippen molar-refractivity contribution in [2.45, 2.75) is 18.7 Å². The SMILES string of the molecule is Cc1cc(S(=O)(=O)N(C)C)cc(NCC(=O)Nc2cc(F)cc(F)c2)c1C. The third-order valence-electron chi connectivity index (χ3n) is 4.01. The van der Waals surface area contributed by atoms with Gasteiger partial charge in [-0.3, -0.25) is 4.79 Å². The third-order valence-corrected chi connectivity index (χ3v) is 5.80. The molecule has 27 heavy (non-hydrogen) atoms. The molecule has 2 N–H and O–H groups in total. The standard InChI is InChI=1S/C18H21F2N3O3S/c1-11-5-16(27(25,26)23(3)4)9-17(12(11)2)21-10-18(24)22-15-7-13(19)6-14(20)8-15/h5-9,21H,10H2,1-4H3,(H,22,24). The highest BCUT2D eigenvalue weighted by molar-refractivity contribution is 7.89. The van der Waals surface area contributed by atoms with Gasteiger partial charge in [-0.1, -0.05) is 0 Å². The number of hydrogen-bond donors (Lipinski definition) is 2. The summed E-state index contributed by atoms with van der Waals surface area (Å²) in [6, 6.07) is 5.72. The molecule has 0 aliphatic carbocycles. The van der Waals surface area contributed by atoms with Crippen LogP contribution in [0.1, 0.15) is 11.1 Å². The van der Waals surface area contributed by atoms with Crippen LogP contribution >= 0.6 is 0 Å². The largest absolute Gasteiger partial charge is 0.376 e. The molecular weight excluding hydrogens is 376 g/mol. The van der Waals surface area contributed by atoms with Gasteiger partial charge in [-0.25, -0.2) is 21.5 Å². The summed E-state index contributed by atoms with van der Waals surface area (Å²) in [5.41, 5.74) is 2.01. The summed E-state index contributed by atoms with van der Waals surface area (Å²) in [4.78, 5) is 12.2. The number of nitrogens with one attached hydrogen (secondary N) is 2. The van der Waals surface area contributed by atoms with Crippen LogP contribution in [0.2, 0.25) is 0 Å². The van der Waals surface area contributed by atoms with Gasteiger partial charge in [0.05, 0.1) is 11.4 Å². The van der Waals surface area contributed by atoms with Crippen LogP contribution in [0.4, 0.5) is 20.2 Å². The fourth-order valence-electron chi connectivity index (χ4n) is 2.38. The van der Waals surface area contributed by atoms with Crippen molar-refractivity contribution in [1.29, 1.82) is 0 Å². The molecule has 0 saturated heterocycles. The van der Waals surface area contributed by atoms with E-state index in [2.05, 4.69) is 10.6 Å². The van der Waals surface area contributed by atoms with Crippen LogP contribution in [-0.2, 0) is 14.8 Å². The predicted molar refractivity (Wildman–Crippen MR) is 100 cm³/mol. The summed E-state index contributed by atoms with van der Waals surface area (Å²) in [5, 5.41) is 5.26. The van der Waals surface area contributed by atoms with Crippen molar-refractivity contribution in [3.63, 3.8) is 0 Å². The Balaban J connectivity index is 2.17. The average molecular weight is 397 g/mol. The van der Waals surface area contributed by atoms with Crippen LogP contribution in [0.15, 0.2) is 35.2 Å². The molecule has 0 aliphatic rings. The Morgan fingerprint density at radius 1 is 1.04 bits per heavy atom. The fraction of sp³-hybridized carbons (Fsp3) is 0.278. The van der Waals surface area contributed by atoms with Crippen molar-refractivity contribution in [3.8, 4) is 0 Å². The van der Waals surface area contributed by atoms with Gasteiger partial charge in [0.15, 0.2) is 0 Å². The number of carbonyl (C=O) groups is 1. The third kappa shape index (κ3) is 5.01. The molecule has 6 nitrogen and oxygen atoms in total. The second-order valence-electron chi connectivity index (χ2n) is 6.26. The molecular formula is C18H21F2N3O3S. The maximum Gasteiger partial charge on any atom is 0.243 e. The summed E-state index contributed by atoms with van der Waals surface area (Å²) in [7, 11) is -0.758. The number of hydrogen-bond acceptors (Lipinski definition) is 4. The maximum absolute atomic E-state index is 13.2. The average Bonchev–Trinajstić information content (AvgIpc) is 2.54. The lowest BCUT2D eigenvalue weighted by Crippen LogP contribution is -2.24. The first kappa shape index (κ1) is 20.8. The topological polar surface area (TPSA) is 78.5 Å². The minimum absolute atomic E-state index is 0.00358. The molecule has 9 heteroatoms. The molecule has 0 radical (unpaired) electrons. The van der Waals surface area contributed by atoms with Crippen LogP contribution in [0, 0.1) is 25.5 Å². The van der Waals surface area contributed by atoms with E-state index >= 15 is 0 Å². The molecule has 1 amide bonds. The van der Waals surface area contributed by atoms with Crippen molar-refractivity contribution in [2.24, 2.45) is 0 Å². The Kier molecular flexibility index (Phi) is 6.17. The molecule has 0 heterocycles. The minimum Gasteiger partial charge on any atom is -0.376 e. The van der Waals surface area contributed by atoms with Crippen LogP contribution in [0.3, 0.4) is 0 Å². The molecule has 0 aromatic heterocycles. The van der Waals surface area contributed by atoms with Crippen molar-refractivity contribution in [3.05, 3.63) is 53.1 Å². The van der Waals surface area contributed by atoms with Crippen molar-refractivity contribution in [2.75, 3.05) is 31.3 Å². The molecule has 0 atom stereocenters. The summed E-state index contributed by atoms with van der Waals surface area (Å²) in [6.07, 6.45) is 0. The van der Waals surface area contributed by atoms with Crippen molar-refractivity contribution >= 4 is 27.3 Å². The van der Waals surface area contributed by atoms with Gasteiger partial charge in [-0.05, 0) is 49.2 Å². The zero-order chi connectivity index (χ0) is 20.4. The molecule has 0 fully saturated rings. The molecule has 146 valence electrons. The van der Waals surface area contributed by atoms with Gasteiger partial charge in [0.2, 0.25) is 15.9 Å². The second kappa shape index (κ2) is 8.01. The maximum atomic E-state index is 13.2. The van der Waals surface area contributed by atoms with Gasteiger partial charge < -0.3 is 10.6 Å². The van der Waals surface area contributed by atoms with E-state index in [9.17, 15) is 22.0 Å². The number of rotatable bonds is 6. The number of amides is 1. The van der Waals surface area contributed by atoms with Crippen molar-refractivity contribution < 1.29 is 22.0 Å². The Morgan fingerprint density at radius 2 is 1.63 bits per heavy atom. The Labute approximate surface area is 157 Å². The van der Waals surface area contributed by atoms with Gasteiger partial charge in [0.1, 0.15) is 11.6 Å². The monoisotopic (exact) mass is 397 g/mol. The van der Waals surface area contributed by atoms with E-state index < -0.39 is 27.6 Å². The molecule has 0 bridgehead atoms. The van der Waals surface area contributed by atoms with Gasteiger partial charge >= 0.3 is 0 Å². The highest BCUT2D eigenvalue weighted by atomic mass is 32.2. The molecule has 2 aromatic rings. The first-order valence-corrected chi connectivity index (χ1v) is 9.48. The number of halogens is 2. The molecule has 0 spiro atoms. The summed E-state index contributed by atoms with van der Waals surface area (Å²) >= 11 is 0. The number of nitrogens with zero attached hydrogens (tertiary/aromatic N) is 1. The molecule has 0 aliphatic heterocycles. The van der Waals surface area contributed by atoms with Gasteiger partial charge in [0, 0.05) is 31.5 Å². The first-order chi connectivity index (χ1) is 12.5. The molecule has 2 aromatic carbocycles. The Bertz CT molecular complexity index is 956. The van der Waals surface area contributed by atoms with Crippen LogP contribution in [-0.4, -0.2) is 39.3 Å². The highest BCUT2D eigenvalue weighted by Gasteiger charge is 2.19. The number of sulfonamides is 1. The molecule has 0 unspecified atom stereocenters. The number of carbonyl (C=O) groups excluding carboxylic acids is 1. The van der Waals surface area contributed by atoms with E-state index in [1.807, 2.05) is 0 Å². The number of anilines is 2.